The third-order valence-corrected chi connectivity index (χ3v) is 2.05. The van der Waals surface area contributed by atoms with Gasteiger partial charge in [0.15, 0.2) is 11.6 Å². The summed E-state index contributed by atoms with van der Waals surface area (Å²) in [5.41, 5.74) is 0. The highest BCUT2D eigenvalue weighted by Gasteiger charge is 2.22. The molecule has 2 heterocycles. The highest BCUT2D eigenvalue weighted by atomic mass is 19.1. The Balaban J connectivity index is 2.03. The Bertz CT molecular complexity index is 352. The first-order valence-electron chi connectivity index (χ1n) is 4.33. The van der Waals surface area contributed by atoms with E-state index in [1.54, 1.807) is 0 Å². The fraction of sp³-hybridized carbons (Fsp3) is 0.333. The van der Waals surface area contributed by atoms with Gasteiger partial charge in [0.05, 0.1) is 6.20 Å². The molecule has 74 valence electrons. The zero-order chi connectivity index (χ0) is 9.97. The molecule has 0 bridgehead atoms. The fourth-order valence-corrected chi connectivity index (χ4v) is 1.10. The Morgan fingerprint density at radius 3 is 2.93 bits per heavy atom. The average molecular weight is 196 g/mol. The van der Waals surface area contributed by atoms with Crippen LogP contribution in [-0.2, 0) is 0 Å². The van der Waals surface area contributed by atoms with E-state index in [-0.39, 0.29) is 5.75 Å². The van der Waals surface area contributed by atoms with E-state index in [4.69, 9.17) is 4.74 Å². The Hall–Kier alpha value is -1.65. The summed E-state index contributed by atoms with van der Waals surface area (Å²) in [7, 11) is 0. The number of carbonyl (C=O) groups is 1. The van der Waals surface area contributed by atoms with Crippen LogP contribution in [0.4, 0.5) is 9.18 Å². The van der Waals surface area contributed by atoms with Crippen molar-refractivity contribution in [1.29, 1.82) is 0 Å². The minimum absolute atomic E-state index is 0.121. The zero-order valence-electron chi connectivity index (χ0n) is 7.44. The molecule has 0 aromatic carbocycles. The largest absolute Gasteiger partial charge is 0.415 e. The van der Waals surface area contributed by atoms with Gasteiger partial charge in [0.1, 0.15) is 0 Å². The van der Waals surface area contributed by atoms with Gasteiger partial charge in [-0.15, -0.1) is 0 Å². The molecular formula is C9H9FN2O2. The first-order chi connectivity index (χ1) is 6.77. The van der Waals surface area contributed by atoms with Crippen molar-refractivity contribution < 1.29 is 13.9 Å². The van der Waals surface area contributed by atoms with Crippen LogP contribution in [0.1, 0.15) is 6.42 Å². The lowest BCUT2D eigenvalue weighted by Crippen LogP contribution is -2.43. The third kappa shape index (κ3) is 1.66. The van der Waals surface area contributed by atoms with Crippen molar-refractivity contribution in [3.8, 4) is 5.75 Å². The maximum Gasteiger partial charge on any atom is 0.415 e. The fourth-order valence-electron chi connectivity index (χ4n) is 1.10. The predicted octanol–water partition coefficient (Wildman–Crippen LogP) is 1.43. The number of nitrogens with zero attached hydrogens (tertiary/aromatic N) is 2. The van der Waals surface area contributed by atoms with Gasteiger partial charge in [-0.2, -0.15) is 0 Å². The molecule has 4 nitrogen and oxygen atoms in total. The summed E-state index contributed by atoms with van der Waals surface area (Å²) in [6.07, 6.45) is 2.96. The van der Waals surface area contributed by atoms with Crippen LogP contribution < -0.4 is 4.74 Å². The second kappa shape index (κ2) is 3.61. The molecule has 1 aliphatic heterocycles. The smallest absolute Gasteiger partial charge is 0.405 e. The van der Waals surface area contributed by atoms with Crippen LogP contribution in [0.2, 0.25) is 0 Å². The van der Waals surface area contributed by atoms with E-state index in [1.807, 2.05) is 0 Å². The number of likely N-dealkylation sites (tertiary alicyclic amines) is 1. The summed E-state index contributed by atoms with van der Waals surface area (Å²) < 4.78 is 17.8. The lowest BCUT2D eigenvalue weighted by molar-refractivity contribution is 0.123. The van der Waals surface area contributed by atoms with Gasteiger partial charge in [0.2, 0.25) is 0 Å². The number of amides is 1. The molecule has 1 aliphatic rings. The van der Waals surface area contributed by atoms with Crippen molar-refractivity contribution in [2.75, 3.05) is 13.1 Å². The van der Waals surface area contributed by atoms with Gasteiger partial charge in [-0.3, -0.25) is 4.98 Å². The maximum absolute atomic E-state index is 13.0. The third-order valence-electron chi connectivity index (χ3n) is 2.05. The number of ether oxygens (including phenoxy) is 1. The molecule has 0 unspecified atom stereocenters. The molecule has 0 radical (unpaired) electrons. The van der Waals surface area contributed by atoms with Crippen LogP contribution in [0.15, 0.2) is 18.5 Å². The van der Waals surface area contributed by atoms with Gasteiger partial charge in [0, 0.05) is 19.3 Å². The summed E-state index contributed by atoms with van der Waals surface area (Å²) in [4.78, 5) is 16.4. The molecule has 1 amide bonds. The number of aromatic nitrogens is 1. The average Bonchev–Trinajstić information content (AvgIpc) is 2.05. The van der Waals surface area contributed by atoms with Crippen molar-refractivity contribution in [2.45, 2.75) is 6.42 Å². The number of carbonyl (C=O) groups excluding carboxylic acids is 1. The van der Waals surface area contributed by atoms with Crippen LogP contribution in [0, 0.1) is 5.82 Å². The summed E-state index contributed by atoms with van der Waals surface area (Å²) in [6.45, 7) is 1.36. The van der Waals surface area contributed by atoms with Gasteiger partial charge in [-0.1, -0.05) is 0 Å². The molecule has 5 heteroatoms. The van der Waals surface area contributed by atoms with Crippen molar-refractivity contribution in [3.05, 3.63) is 24.3 Å². The van der Waals surface area contributed by atoms with Gasteiger partial charge < -0.3 is 9.64 Å². The minimum atomic E-state index is -0.575. The van der Waals surface area contributed by atoms with Crippen LogP contribution in [0.25, 0.3) is 0 Å². The number of rotatable bonds is 1. The maximum atomic E-state index is 13.0. The molecule has 0 N–H and O–H groups in total. The summed E-state index contributed by atoms with van der Waals surface area (Å²) >= 11 is 0. The normalized spacial score (nSPS) is 14.8. The van der Waals surface area contributed by atoms with E-state index in [0.717, 1.165) is 12.5 Å². The van der Waals surface area contributed by atoms with E-state index >= 15 is 0 Å². The minimum Gasteiger partial charge on any atom is -0.405 e. The Labute approximate surface area is 80.3 Å². The van der Waals surface area contributed by atoms with Crippen molar-refractivity contribution >= 4 is 6.09 Å². The molecule has 2 rings (SSSR count). The first kappa shape index (κ1) is 8.93. The Kier molecular flexibility index (Phi) is 2.30. The second-order valence-electron chi connectivity index (χ2n) is 3.01. The summed E-state index contributed by atoms with van der Waals surface area (Å²) in [5, 5.41) is 0. The van der Waals surface area contributed by atoms with E-state index in [1.165, 1.54) is 17.3 Å². The molecule has 0 saturated carbocycles. The van der Waals surface area contributed by atoms with Gasteiger partial charge in [-0.25, -0.2) is 9.18 Å². The quantitative estimate of drug-likeness (QED) is 0.682. The molecule has 1 fully saturated rings. The monoisotopic (exact) mass is 196 g/mol. The zero-order valence-corrected chi connectivity index (χ0v) is 7.44. The van der Waals surface area contributed by atoms with Gasteiger partial charge in [0.25, 0.3) is 0 Å². The first-order valence-corrected chi connectivity index (χ1v) is 4.33. The predicted molar refractivity (Wildman–Crippen MR) is 46.4 cm³/mol. The number of pyridine rings is 1. The van der Waals surface area contributed by atoms with Crippen molar-refractivity contribution in [1.82, 2.24) is 9.88 Å². The summed E-state index contributed by atoms with van der Waals surface area (Å²) in [6, 6.07) is 1.15. The number of hydrogen-bond donors (Lipinski definition) is 0. The van der Waals surface area contributed by atoms with E-state index in [2.05, 4.69) is 4.98 Å². The van der Waals surface area contributed by atoms with Gasteiger partial charge >= 0.3 is 6.09 Å². The standard InChI is InChI=1S/C9H9FN2O2/c10-7-2-3-11-6-8(7)14-9(13)12-4-1-5-12/h2-3,6H,1,4-5H2. The molecule has 0 aliphatic carbocycles. The lowest BCUT2D eigenvalue weighted by atomic mass is 10.2. The molecule has 0 atom stereocenters. The lowest BCUT2D eigenvalue weighted by Gasteiger charge is -2.29. The van der Waals surface area contributed by atoms with Crippen LogP contribution in [0.5, 0.6) is 5.75 Å². The second-order valence-corrected chi connectivity index (χ2v) is 3.01. The van der Waals surface area contributed by atoms with E-state index in [0.29, 0.717) is 13.1 Å². The van der Waals surface area contributed by atoms with Crippen molar-refractivity contribution in [2.24, 2.45) is 0 Å². The number of halogens is 1. The SMILES string of the molecule is O=C(Oc1cnccc1F)N1CCC1. The van der Waals surface area contributed by atoms with E-state index in [9.17, 15) is 9.18 Å². The van der Waals surface area contributed by atoms with Crippen molar-refractivity contribution in [3.63, 3.8) is 0 Å². The molecule has 1 saturated heterocycles. The van der Waals surface area contributed by atoms with Crippen LogP contribution >= 0.6 is 0 Å². The molecule has 0 spiro atoms. The van der Waals surface area contributed by atoms with Crippen LogP contribution in [-0.4, -0.2) is 29.1 Å². The molecule has 1 aromatic heterocycles. The highest BCUT2D eigenvalue weighted by molar-refractivity contribution is 5.71. The highest BCUT2D eigenvalue weighted by Crippen LogP contribution is 2.16. The topological polar surface area (TPSA) is 42.4 Å². The summed E-state index contributed by atoms with van der Waals surface area (Å²) in [5.74, 6) is -0.696. The molecule has 1 aromatic rings. The van der Waals surface area contributed by atoms with Crippen LogP contribution in [0.3, 0.4) is 0 Å². The molecular weight excluding hydrogens is 187 g/mol. The number of hydrogen-bond acceptors (Lipinski definition) is 3. The molecule has 14 heavy (non-hydrogen) atoms. The van der Waals surface area contributed by atoms with E-state index < -0.39 is 11.9 Å². The Morgan fingerprint density at radius 1 is 1.57 bits per heavy atom. The van der Waals surface area contributed by atoms with Gasteiger partial charge in [-0.05, 0) is 12.5 Å². The Morgan fingerprint density at radius 2 is 2.36 bits per heavy atom.